The highest BCUT2D eigenvalue weighted by Gasteiger charge is 2.61. The number of aliphatic hydroxyl groups is 2. The molecule has 0 amide bonds. The van der Waals surface area contributed by atoms with E-state index in [1.54, 1.807) is 0 Å². The molecule has 0 saturated heterocycles. The number of fused-ring (bicyclic) bond motifs is 5. The number of aliphatic hydroxyl groups excluding tert-OH is 1. The summed E-state index contributed by atoms with van der Waals surface area (Å²) in [5.41, 5.74) is 0.608. The van der Waals surface area contributed by atoms with Gasteiger partial charge in [0, 0.05) is 0 Å². The van der Waals surface area contributed by atoms with E-state index in [1.165, 1.54) is 51.4 Å². The summed E-state index contributed by atoms with van der Waals surface area (Å²) in [4.78, 5) is 0. The van der Waals surface area contributed by atoms with Crippen LogP contribution in [0.25, 0.3) is 0 Å². The third-order valence-electron chi connectivity index (χ3n) is 11.9. The molecule has 0 radical (unpaired) electrons. The molecule has 4 aliphatic carbocycles. The first-order chi connectivity index (χ1) is 14.5. The van der Waals surface area contributed by atoms with Crippen LogP contribution in [0.4, 0.5) is 0 Å². The van der Waals surface area contributed by atoms with Crippen molar-refractivity contribution < 1.29 is 10.2 Å². The second kappa shape index (κ2) is 8.61. The van der Waals surface area contributed by atoms with Crippen LogP contribution in [0.2, 0.25) is 0 Å². The zero-order chi connectivity index (χ0) is 22.6. The molecule has 2 heteroatoms. The van der Waals surface area contributed by atoms with Crippen molar-refractivity contribution in [1.82, 2.24) is 0 Å². The number of hydrogen-bond donors (Lipinski definition) is 2. The van der Waals surface area contributed by atoms with E-state index in [9.17, 15) is 10.2 Å². The standard InChI is InChI=1S/C29H52O2/c1-7-29(31)17-16-27(5)21(18-29)9-10-22-24-12-11-23(28(24,6)15-14-25(22)27)20(4)8-13-26(30)19(2)3/h19-26,30-31H,7-18H2,1-6H3/t20-,21+,22+,23-,24+,25+,26?,27+,28-,29+/m1/s1. The van der Waals surface area contributed by atoms with Crippen molar-refractivity contribution in [1.29, 1.82) is 0 Å². The summed E-state index contributed by atoms with van der Waals surface area (Å²) in [6, 6.07) is 0. The zero-order valence-electron chi connectivity index (χ0n) is 21.5. The summed E-state index contributed by atoms with van der Waals surface area (Å²) in [6.45, 7) is 14.2. The minimum absolute atomic E-state index is 0.133. The Morgan fingerprint density at radius 3 is 2.23 bits per heavy atom. The van der Waals surface area contributed by atoms with E-state index >= 15 is 0 Å². The molecule has 4 aliphatic rings. The predicted octanol–water partition coefficient (Wildman–Crippen LogP) is 7.22. The van der Waals surface area contributed by atoms with E-state index < -0.39 is 0 Å². The monoisotopic (exact) mass is 432 g/mol. The van der Waals surface area contributed by atoms with Gasteiger partial charge in [-0.25, -0.2) is 0 Å². The van der Waals surface area contributed by atoms with Crippen molar-refractivity contribution in [2.24, 2.45) is 52.3 Å². The molecule has 180 valence electrons. The van der Waals surface area contributed by atoms with Crippen molar-refractivity contribution in [3.8, 4) is 0 Å². The lowest BCUT2D eigenvalue weighted by molar-refractivity contribution is -0.152. The van der Waals surface area contributed by atoms with Gasteiger partial charge in [-0.1, -0.05) is 41.5 Å². The molecule has 2 nitrogen and oxygen atoms in total. The smallest absolute Gasteiger partial charge is 0.0648 e. The Labute approximate surface area is 193 Å². The van der Waals surface area contributed by atoms with Crippen LogP contribution in [0.1, 0.15) is 119 Å². The molecular formula is C29H52O2. The highest BCUT2D eigenvalue weighted by molar-refractivity contribution is 5.10. The third-order valence-corrected chi connectivity index (χ3v) is 11.9. The molecule has 4 saturated carbocycles. The lowest BCUT2D eigenvalue weighted by Gasteiger charge is -2.62. The highest BCUT2D eigenvalue weighted by Crippen LogP contribution is 2.69. The maximum absolute atomic E-state index is 11.0. The Bertz CT molecular complexity index is 630. The van der Waals surface area contributed by atoms with Crippen LogP contribution in [0, 0.1) is 52.3 Å². The quantitative estimate of drug-likeness (QED) is 0.465. The fourth-order valence-corrected chi connectivity index (χ4v) is 9.59. The average molecular weight is 433 g/mol. The Kier molecular flexibility index (Phi) is 6.68. The van der Waals surface area contributed by atoms with Gasteiger partial charge in [0.05, 0.1) is 11.7 Å². The van der Waals surface area contributed by atoms with Crippen LogP contribution in [-0.4, -0.2) is 21.9 Å². The van der Waals surface area contributed by atoms with E-state index in [-0.39, 0.29) is 11.7 Å². The maximum atomic E-state index is 11.0. The van der Waals surface area contributed by atoms with Crippen LogP contribution in [0.3, 0.4) is 0 Å². The van der Waals surface area contributed by atoms with E-state index in [0.29, 0.717) is 16.7 Å². The minimum Gasteiger partial charge on any atom is -0.393 e. The molecule has 0 spiro atoms. The minimum atomic E-state index is -0.380. The van der Waals surface area contributed by atoms with Crippen molar-refractivity contribution in [3.63, 3.8) is 0 Å². The van der Waals surface area contributed by atoms with Gasteiger partial charge >= 0.3 is 0 Å². The van der Waals surface area contributed by atoms with Crippen LogP contribution >= 0.6 is 0 Å². The van der Waals surface area contributed by atoms with Crippen LogP contribution in [0.5, 0.6) is 0 Å². The van der Waals surface area contributed by atoms with Gasteiger partial charge in [-0.2, -0.15) is 0 Å². The molecule has 2 N–H and O–H groups in total. The van der Waals surface area contributed by atoms with Crippen LogP contribution in [-0.2, 0) is 0 Å². The van der Waals surface area contributed by atoms with E-state index in [4.69, 9.17) is 0 Å². The molecule has 0 heterocycles. The molecular weight excluding hydrogens is 380 g/mol. The summed E-state index contributed by atoms with van der Waals surface area (Å²) in [5.74, 6) is 5.44. The summed E-state index contributed by atoms with van der Waals surface area (Å²) in [6.07, 6.45) is 14.8. The SMILES string of the molecule is CC[C@]1(O)CC[C@@]2(C)[C@@H](CC[C@@H]3[C@@H]2CC[C@]2(C)[C@@H]([C@H](C)CCC(O)C(C)C)CC[C@@H]32)C1. The molecule has 0 aromatic carbocycles. The van der Waals surface area contributed by atoms with Gasteiger partial charge < -0.3 is 10.2 Å². The number of rotatable bonds is 6. The predicted molar refractivity (Wildman–Crippen MR) is 130 cm³/mol. The molecule has 0 aromatic heterocycles. The Hall–Kier alpha value is -0.0800. The fraction of sp³-hybridized carbons (Fsp3) is 1.00. The molecule has 0 aliphatic heterocycles. The van der Waals surface area contributed by atoms with Gasteiger partial charge in [-0.15, -0.1) is 0 Å². The molecule has 4 rings (SSSR count). The van der Waals surface area contributed by atoms with E-state index in [0.717, 1.165) is 61.2 Å². The van der Waals surface area contributed by atoms with Gasteiger partial charge in [0.15, 0.2) is 0 Å². The first kappa shape index (κ1) is 24.1. The largest absolute Gasteiger partial charge is 0.393 e. The van der Waals surface area contributed by atoms with E-state index in [2.05, 4.69) is 41.5 Å². The van der Waals surface area contributed by atoms with Crippen molar-refractivity contribution in [2.75, 3.05) is 0 Å². The van der Waals surface area contributed by atoms with Gasteiger partial charge in [0.1, 0.15) is 0 Å². The van der Waals surface area contributed by atoms with Gasteiger partial charge in [0.25, 0.3) is 0 Å². The van der Waals surface area contributed by atoms with Crippen molar-refractivity contribution in [3.05, 3.63) is 0 Å². The summed E-state index contributed by atoms with van der Waals surface area (Å²) >= 11 is 0. The van der Waals surface area contributed by atoms with Crippen molar-refractivity contribution in [2.45, 2.75) is 130 Å². The summed E-state index contributed by atoms with van der Waals surface area (Å²) < 4.78 is 0. The van der Waals surface area contributed by atoms with Gasteiger partial charge in [-0.05, 0) is 129 Å². The topological polar surface area (TPSA) is 40.5 Å². The van der Waals surface area contributed by atoms with Gasteiger partial charge in [-0.3, -0.25) is 0 Å². The second-order valence-corrected chi connectivity index (χ2v) is 13.5. The molecule has 0 aromatic rings. The lowest BCUT2D eigenvalue weighted by atomic mass is 9.43. The van der Waals surface area contributed by atoms with Crippen molar-refractivity contribution >= 4 is 0 Å². The zero-order valence-corrected chi connectivity index (χ0v) is 21.5. The first-order valence-electron chi connectivity index (χ1n) is 13.9. The Balaban J connectivity index is 1.46. The molecule has 0 bridgehead atoms. The fourth-order valence-electron chi connectivity index (χ4n) is 9.59. The summed E-state index contributed by atoms with van der Waals surface area (Å²) in [7, 11) is 0. The Morgan fingerprint density at radius 2 is 1.55 bits per heavy atom. The maximum Gasteiger partial charge on any atom is 0.0648 e. The third kappa shape index (κ3) is 4.05. The van der Waals surface area contributed by atoms with Gasteiger partial charge in [0.2, 0.25) is 0 Å². The first-order valence-corrected chi connectivity index (χ1v) is 13.9. The van der Waals surface area contributed by atoms with Crippen LogP contribution in [0.15, 0.2) is 0 Å². The van der Waals surface area contributed by atoms with E-state index in [1.807, 2.05) is 0 Å². The molecule has 1 unspecified atom stereocenters. The normalized spacial score (nSPS) is 49.3. The van der Waals surface area contributed by atoms with Crippen LogP contribution < -0.4 is 0 Å². The lowest BCUT2D eigenvalue weighted by Crippen LogP contribution is -2.56. The average Bonchev–Trinajstić information content (AvgIpc) is 3.09. The molecule has 4 fully saturated rings. The number of hydrogen-bond acceptors (Lipinski definition) is 2. The Morgan fingerprint density at radius 1 is 0.839 bits per heavy atom. The second-order valence-electron chi connectivity index (χ2n) is 13.5. The molecule has 31 heavy (non-hydrogen) atoms. The summed E-state index contributed by atoms with van der Waals surface area (Å²) in [5, 5.41) is 21.4. The molecule has 10 atom stereocenters. The highest BCUT2D eigenvalue weighted by atomic mass is 16.3.